The molecule has 0 aliphatic carbocycles. The van der Waals surface area contributed by atoms with Crippen LogP contribution in [0.25, 0.3) is 0 Å². The molecule has 32 heavy (non-hydrogen) atoms. The van der Waals surface area contributed by atoms with E-state index in [0.717, 1.165) is 11.3 Å². The van der Waals surface area contributed by atoms with Crippen molar-refractivity contribution in [2.75, 3.05) is 21.0 Å². The van der Waals surface area contributed by atoms with Gasteiger partial charge in [-0.2, -0.15) is 0 Å². The van der Waals surface area contributed by atoms with Crippen molar-refractivity contribution in [2.45, 2.75) is 30.2 Å². The van der Waals surface area contributed by atoms with E-state index in [1.165, 1.54) is 7.11 Å². The fourth-order valence-electron chi connectivity index (χ4n) is 5.42. The van der Waals surface area contributed by atoms with Crippen LogP contribution in [0.5, 0.6) is 17.2 Å². The number of benzene rings is 2. The number of amides is 1. The molecular weight excluding hydrogens is 414 g/mol. The van der Waals surface area contributed by atoms with Crippen molar-refractivity contribution in [3.8, 4) is 17.2 Å². The summed E-state index contributed by atoms with van der Waals surface area (Å²) >= 11 is 0. The summed E-state index contributed by atoms with van der Waals surface area (Å²) < 4.78 is 28.0. The molecule has 0 radical (unpaired) electrons. The lowest BCUT2D eigenvalue weighted by atomic mass is 9.63. The molecule has 0 saturated carbocycles. The molecule has 2 aromatic carbocycles. The summed E-state index contributed by atoms with van der Waals surface area (Å²) in [6, 6.07) is 10.9. The number of nitrogens with zero attached hydrogens (tertiary/aromatic N) is 1. The molecule has 1 amide bonds. The zero-order valence-electron chi connectivity index (χ0n) is 17.6. The van der Waals surface area contributed by atoms with Gasteiger partial charge in [0.2, 0.25) is 6.79 Å². The van der Waals surface area contributed by atoms with Gasteiger partial charge in [0.25, 0.3) is 5.91 Å². The summed E-state index contributed by atoms with van der Waals surface area (Å²) in [5.41, 5.74) is -0.677. The van der Waals surface area contributed by atoms with E-state index in [2.05, 4.69) is 0 Å². The Hall–Kier alpha value is -3.52. The number of carbonyl (C=O) groups excluding carboxylic acids is 2. The van der Waals surface area contributed by atoms with E-state index < -0.39 is 17.1 Å². The van der Waals surface area contributed by atoms with Crippen LogP contribution in [0.4, 0.5) is 0 Å². The van der Waals surface area contributed by atoms with Gasteiger partial charge in [0.15, 0.2) is 17.2 Å². The van der Waals surface area contributed by atoms with Crippen LogP contribution in [0.15, 0.2) is 48.6 Å². The van der Waals surface area contributed by atoms with Crippen molar-refractivity contribution in [1.29, 1.82) is 0 Å². The van der Waals surface area contributed by atoms with Gasteiger partial charge in [0, 0.05) is 18.5 Å². The Morgan fingerprint density at radius 1 is 1.16 bits per heavy atom. The standard InChI is InChI=1S/C24H21NO7/c1-28-15-5-3-14(4-6-15)12-25-21(26)17-9-19-20(31-13-30-19)10-18(17)23(22(27)29-2)11-16-7-8-24(23,25)32-16/h3-10,16H,11-13H2,1-2H3/t16-,23+,24?/m0/s1. The second-order valence-corrected chi connectivity index (χ2v) is 8.30. The second-order valence-electron chi connectivity index (χ2n) is 8.30. The molecule has 1 fully saturated rings. The van der Waals surface area contributed by atoms with E-state index in [9.17, 15) is 9.59 Å². The first-order valence-electron chi connectivity index (χ1n) is 10.4. The van der Waals surface area contributed by atoms with Crippen LogP contribution in [0.1, 0.15) is 27.9 Å². The summed E-state index contributed by atoms with van der Waals surface area (Å²) in [6.07, 6.45) is 3.80. The number of fused-ring (bicyclic) bond motifs is 4. The first-order chi connectivity index (χ1) is 15.5. The van der Waals surface area contributed by atoms with Crippen LogP contribution in [0, 0.1) is 0 Å². The van der Waals surface area contributed by atoms with Crippen LogP contribution < -0.4 is 14.2 Å². The van der Waals surface area contributed by atoms with Crippen LogP contribution in [-0.4, -0.2) is 49.6 Å². The van der Waals surface area contributed by atoms with E-state index in [0.29, 0.717) is 29.0 Å². The molecule has 8 nitrogen and oxygen atoms in total. The zero-order valence-corrected chi connectivity index (χ0v) is 17.6. The number of hydrogen-bond donors (Lipinski definition) is 0. The predicted octanol–water partition coefficient (Wildman–Crippen LogP) is 2.55. The highest BCUT2D eigenvalue weighted by Gasteiger charge is 2.73. The van der Waals surface area contributed by atoms with Crippen molar-refractivity contribution in [2.24, 2.45) is 0 Å². The van der Waals surface area contributed by atoms with Crippen molar-refractivity contribution in [1.82, 2.24) is 4.90 Å². The summed E-state index contributed by atoms with van der Waals surface area (Å²) in [4.78, 5) is 28.9. The summed E-state index contributed by atoms with van der Waals surface area (Å²) in [5.74, 6) is 1.01. The Morgan fingerprint density at radius 2 is 1.91 bits per heavy atom. The van der Waals surface area contributed by atoms with Gasteiger partial charge in [-0.15, -0.1) is 0 Å². The van der Waals surface area contributed by atoms with E-state index >= 15 is 0 Å². The molecule has 8 heteroatoms. The zero-order chi connectivity index (χ0) is 22.1. The topological polar surface area (TPSA) is 83.5 Å². The third-order valence-corrected chi connectivity index (χ3v) is 6.87. The van der Waals surface area contributed by atoms with Crippen LogP contribution in [-0.2, 0) is 26.2 Å². The van der Waals surface area contributed by atoms with E-state index in [4.69, 9.17) is 23.7 Å². The smallest absolute Gasteiger partial charge is 0.321 e. The Morgan fingerprint density at radius 3 is 2.59 bits per heavy atom. The SMILES string of the molecule is COC(=O)[C@]12C[C@@H]3C=CC1(O3)N(Cc1ccc(OC)cc1)C(=O)c1cc3c(cc12)OCO3. The van der Waals surface area contributed by atoms with Gasteiger partial charge in [-0.1, -0.05) is 18.2 Å². The maximum atomic E-state index is 13.9. The van der Waals surface area contributed by atoms with E-state index in [1.54, 1.807) is 24.1 Å². The fourth-order valence-corrected chi connectivity index (χ4v) is 5.42. The van der Waals surface area contributed by atoms with E-state index in [1.807, 2.05) is 36.4 Å². The Kier molecular flexibility index (Phi) is 3.89. The highest BCUT2D eigenvalue weighted by molar-refractivity contribution is 6.04. The average molecular weight is 435 g/mol. The molecule has 4 aliphatic heterocycles. The summed E-state index contributed by atoms with van der Waals surface area (Å²) in [5, 5.41) is 0. The van der Waals surface area contributed by atoms with Gasteiger partial charge in [0.1, 0.15) is 11.2 Å². The van der Waals surface area contributed by atoms with Gasteiger partial charge in [-0.05, 0) is 41.5 Å². The molecular formula is C24H21NO7. The number of rotatable bonds is 4. The molecule has 3 atom stereocenters. The maximum Gasteiger partial charge on any atom is 0.321 e. The second kappa shape index (κ2) is 6.49. The minimum Gasteiger partial charge on any atom is -0.497 e. The third-order valence-electron chi connectivity index (χ3n) is 6.87. The fraction of sp³-hybridized carbons (Fsp3) is 0.333. The molecule has 2 aromatic rings. The Balaban J connectivity index is 1.56. The molecule has 2 bridgehead atoms. The Bertz CT molecular complexity index is 1170. The van der Waals surface area contributed by atoms with Crippen molar-refractivity contribution in [3.05, 3.63) is 65.2 Å². The number of methoxy groups -OCH3 is 2. The lowest BCUT2D eigenvalue weighted by molar-refractivity contribution is -0.165. The van der Waals surface area contributed by atoms with Gasteiger partial charge >= 0.3 is 5.97 Å². The molecule has 1 saturated heterocycles. The third kappa shape index (κ3) is 2.25. The van der Waals surface area contributed by atoms with Crippen molar-refractivity contribution >= 4 is 11.9 Å². The molecule has 4 heterocycles. The first kappa shape index (κ1) is 19.2. The van der Waals surface area contributed by atoms with Gasteiger partial charge in [-0.25, -0.2) is 0 Å². The van der Waals surface area contributed by atoms with Crippen molar-refractivity contribution in [3.63, 3.8) is 0 Å². The summed E-state index contributed by atoms with van der Waals surface area (Å²) in [6.45, 7) is 0.309. The number of hydrogen-bond acceptors (Lipinski definition) is 7. The minimum absolute atomic E-state index is 0.0668. The lowest BCUT2D eigenvalue weighted by Gasteiger charge is -2.51. The molecule has 6 rings (SSSR count). The van der Waals surface area contributed by atoms with Crippen LogP contribution in [0.3, 0.4) is 0 Å². The Labute approximate surface area is 184 Å². The number of esters is 1. The molecule has 0 N–H and O–H groups in total. The van der Waals surface area contributed by atoms with Crippen LogP contribution in [0.2, 0.25) is 0 Å². The highest BCUT2D eigenvalue weighted by Crippen LogP contribution is 2.60. The monoisotopic (exact) mass is 435 g/mol. The molecule has 0 aromatic heterocycles. The average Bonchev–Trinajstić information content (AvgIpc) is 3.54. The number of carbonyl (C=O) groups is 2. The lowest BCUT2D eigenvalue weighted by Crippen LogP contribution is -2.67. The highest BCUT2D eigenvalue weighted by atomic mass is 16.7. The van der Waals surface area contributed by atoms with Gasteiger partial charge in [0.05, 0.1) is 20.3 Å². The van der Waals surface area contributed by atoms with Gasteiger partial charge < -0.3 is 28.6 Å². The van der Waals surface area contributed by atoms with E-state index in [-0.39, 0.29) is 25.3 Å². The summed E-state index contributed by atoms with van der Waals surface area (Å²) in [7, 11) is 2.96. The quantitative estimate of drug-likeness (QED) is 0.539. The van der Waals surface area contributed by atoms with Crippen molar-refractivity contribution < 1.29 is 33.3 Å². The maximum absolute atomic E-state index is 13.9. The van der Waals surface area contributed by atoms with Crippen LogP contribution >= 0.6 is 0 Å². The minimum atomic E-state index is -1.29. The first-order valence-corrected chi connectivity index (χ1v) is 10.4. The molecule has 1 spiro atoms. The predicted molar refractivity (Wildman–Crippen MR) is 110 cm³/mol. The molecule has 164 valence electrons. The number of ether oxygens (including phenoxy) is 5. The molecule has 4 aliphatic rings. The molecule has 1 unspecified atom stereocenters. The largest absolute Gasteiger partial charge is 0.497 e. The van der Waals surface area contributed by atoms with Gasteiger partial charge in [-0.3, -0.25) is 9.59 Å². The normalized spacial score (nSPS) is 28.5.